The fourth-order valence-electron chi connectivity index (χ4n) is 0.986. The van der Waals surface area contributed by atoms with Crippen molar-refractivity contribution in [2.75, 3.05) is 6.54 Å². The van der Waals surface area contributed by atoms with Crippen LogP contribution in [0.5, 0.6) is 0 Å². The van der Waals surface area contributed by atoms with Crippen molar-refractivity contribution in [2.24, 2.45) is 11.7 Å². The largest absolute Gasteiger partial charge is 0.330 e. The maximum absolute atomic E-state index is 5.43. The summed E-state index contributed by atoms with van der Waals surface area (Å²) in [6.45, 7) is 10.2. The van der Waals surface area contributed by atoms with E-state index >= 15 is 0 Å². The first-order valence-electron chi connectivity index (χ1n) is 3.91. The highest BCUT2D eigenvalue weighted by atomic mass is 14.5. The molecular formula is C10H17N. The van der Waals surface area contributed by atoms with E-state index in [-0.39, 0.29) is 0 Å². The molecule has 0 aromatic carbocycles. The van der Waals surface area contributed by atoms with Crippen LogP contribution in [0.1, 0.15) is 13.3 Å². The molecule has 0 aromatic heterocycles. The Morgan fingerprint density at radius 3 is 2.55 bits per heavy atom. The second-order valence-electron chi connectivity index (χ2n) is 2.58. The quantitative estimate of drug-likeness (QED) is 0.599. The summed E-state index contributed by atoms with van der Waals surface area (Å²) in [5.41, 5.74) is 6.64. The average Bonchev–Trinajstić information content (AvgIpc) is 2.00. The second-order valence-corrected chi connectivity index (χ2v) is 2.58. The summed E-state index contributed by atoms with van der Waals surface area (Å²) in [6, 6.07) is 0. The van der Waals surface area contributed by atoms with Gasteiger partial charge in [-0.3, -0.25) is 0 Å². The molecule has 0 radical (unpaired) electrons. The first-order valence-corrected chi connectivity index (χ1v) is 3.91. The molecule has 0 saturated carbocycles. The molecule has 0 aliphatic carbocycles. The minimum absolute atomic E-state index is 0.496. The Bertz CT molecular complexity index is 156. The number of hydrogen-bond acceptors (Lipinski definition) is 1. The third-order valence-electron chi connectivity index (χ3n) is 1.71. The molecule has 62 valence electrons. The Kier molecular flexibility index (Phi) is 5.49. The first kappa shape index (κ1) is 10.2. The van der Waals surface area contributed by atoms with E-state index in [4.69, 9.17) is 5.73 Å². The number of nitrogens with two attached hydrogens (primary N) is 1. The maximum Gasteiger partial charge on any atom is -0.00715 e. The van der Waals surface area contributed by atoms with Gasteiger partial charge >= 0.3 is 0 Å². The first-order chi connectivity index (χ1) is 5.26. The zero-order valence-electron chi connectivity index (χ0n) is 7.22. The number of hydrogen-bond donors (Lipinski definition) is 1. The smallest absolute Gasteiger partial charge is 0.00715 e. The van der Waals surface area contributed by atoms with Crippen molar-refractivity contribution in [3.05, 3.63) is 37.0 Å². The summed E-state index contributed by atoms with van der Waals surface area (Å²) < 4.78 is 0. The summed E-state index contributed by atoms with van der Waals surface area (Å²) in [7, 11) is 0. The molecule has 1 unspecified atom stereocenters. The van der Waals surface area contributed by atoms with Gasteiger partial charge < -0.3 is 5.73 Å². The summed E-state index contributed by atoms with van der Waals surface area (Å²) in [5, 5.41) is 0. The van der Waals surface area contributed by atoms with Gasteiger partial charge in [-0.2, -0.15) is 0 Å². The third kappa shape index (κ3) is 3.79. The number of allylic oxidation sites excluding steroid dienone is 4. The van der Waals surface area contributed by atoms with Gasteiger partial charge in [0.25, 0.3) is 0 Å². The molecule has 1 nitrogen and oxygen atoms in total. The Balaban J connectivity index is 4.12. The van der Waals surface area contributed by atoms with Gasteiger partial charge in [-0.15, -0.1) is 0 Å². The third-order valence-corrected chi connectivity index (χ3v) is 1.71. The van der Waals surface area contributed by atoms with Crippen LogP contribution in [0.4, 0.5) is 0 Å². The SMILES string of the molecule is C=C/C=C(\C=C)C(C)CCN. The molecule has 0 fully saturated rings. The van der Waals surface area contributed by atoms with Crippen molar-refractivity contribution in [3.8, 4) is 0 Å². The molecule has 0 heterocycles. The van der Waals surface area contributed by atoms with Gasteiger partial charge in [0.15, 0.2) is 0 Å². The lowest BCUT2D eigenvalue weighted by Gasteiger charge is -2.09. The van der Waals surface area contributed by atoms with Crippen molar-refractivity contribution in [3.63, 3.8) is 0 Å². The van der Waals surface area contributed by atoms with Crippen molar-refractivity contribution < 1.29 is 0 Å². The molecular weight excluding hydrogens is 134 g/mol. The molecule has 0 amide bonds. The van der Waals surface area contributed by atoms with E-state index in [0.717, 1.165) is 13.0 Å². The van der Waals surface area contributed by atoms with E-state index in [1.165, 1.54) is 5.57 Å². The van der Waals surface area contributed by atoms with Gasteiger partial charge in [0.05, 0.1) is 0 Å². The lowest BCUT2D eigenvalue weighted by atomic mass is 9.97. The van der Waals surface area contributed by atoms with Crippen LogP contribution >= 0.6 is 0 Å². The van der Waals surface area contributed by atoms with Gasteiger partial charge in [0.1, 0.15) is 0 Å². The van der Waals surface area contributed by atoms with Crippen LogP contribution in [-0.2, 0) is 0 Å². The molecule has 1 heteroatoms. The Labute approximate surface area is 69.3 Å². The van der Waals surface area contributed by atoms with E-state index < -0.39 is 0 Å². The lowest BCUT2D eigenvalue weighted by Crippen LogP contribution is -2.06. The lowest BCUT2D eigenvalue weighted by molar-refractivity contribution is 0.635. The molecule has 2 N–H and O–H groups in total. The molecule has 0 saturated heterocycles. The van der Waals surface area contributed by atoms with E-state index in [0.29, 0.717) is 5.92 Å². The highest BCUT2D eigenvalue weighted by molar-refractivity contribution is 5.23. The Morgan fingerprint density at radius 2 is 2.18 bits per heavy atom. The fourth-order valence-corrected chi connectivity index (χ4v) is 0.986. The molecule has 0 rings (SSSR count). The van der Waals surface area contributed by atoms with Gasteiger partial charge in [0.2, 0.25) is 0 Å². The fraction of sp³-hybridized carbons (Fsp3) is 0.400. The van der Waals surface area contributed by atoms with Gasteiger partial charge in [-0.05, 0) is 24.5 Å². The van der Waals surface area contributed by atoms with Crippen LogP contribution < -0.4 is 5.73 Å². The zero-order chi connectivity index (χ0) is 8.69. The highest BCUT2D eigenvalue weighted by Crippen LogP contribution is 2.14. The van der Waals surface area contributed by atoms with Crippen molar-refractivity contribution in [1.82, 2.24) is 0 Å². The summed E-state index contributed by atoms with van der Waals surface area (Å²) in [5.74, 6) is 0.496. The van der Waals surface area contributed by atoms with E-state index in [1.807, 2.05) is 12.2 Å². The topological polar surface area (TPSA) is 26.0 Å². The monoisotopic (exact) mass is 151 g/mol. The van der Waals surface area contributed by atoms with Crippen LogP contribution in [0, 0.1) is 5.92 Å². The number of rotatable bonds is 5. The van der Waals surface area contributed by atoms with Crippen molar-refractivity contribution >= 4 is 0 Å². The van der Waals surface area contributed by atoms with E-state index in [1.54, 1.807) is 6.08 Å². The van der Waals surface area contributed by atoms with E-state index in [2.05, 4.69) is 20.1 Å². The predicted octanol–water partition coefficient (Wildman–Crippen LogP) is 2.27. The van der Waals surface area contributed by atoms with Crippen LogP contribution in [0.2, 0.25) is 0 Å². The van der Waals surface area contributed by atoms with Gasteiger partial charge in [0, 0.05) is 0 Å². The van der Waals surface area contributed by atoms with Crippen LogP contribution in [0.15, 0.2) is 37.0 Å². The summed E-state index contributed by atoms with van der Waals surface area (Å²) in [4.78, 5) is 0. The summed E-state index contributed by atoms with van der Waals surface area (Å²) in [6.07, 6.45) is 6.63. The van der Waals surface area contributed by atoms with E-state index in [9.17, 15) is 0 Å². The molecule has 0 aliphatic rings. The van der Waals surface area contributed by atoms with Crippen LogP contribution in [0.25, 0.3) is 0 Å². The molecule has 0 aromatic rings. The molecule has 1 atom stereocenters. The van der Waals surface area contributed by atoms with Crippen LogP contribution in [-0.4, -0.2) is 6.54 Å². The van der Waals surface area contributed by atoms with Gasteiger partial charge in [-0.1, -0.05) is 38.3 Å². The Morgan fingerprint density at radius 1 is 1.55 bits per heavy atom. The normalized spacial score (nSPS) is 14.2. The van der Waals surface area contributed by atoms with Crippen molar-refractivity contribution in [2.45, 2.75) is 13.3 Å². The average molecular weight is 151 g/mol. The minimum atomic E-state index is 0.496. The Hall–Kier alpha value is -0.820. The maximum atomic E-state index is 5.43. The summed E-state index contributed by atoms with van der Waals surface area (Å²) >= 11 is 0. The zero-order valence-corrected chi connectivity index (χ0v) is 7.22. The minimum Gasteiger partial charge on any atom is -0.330 e. The standard InChI is InChI=1S/C10H17N/c1-4-6-10(5-2)9(3)7-8-11/h4-6,9H,1-2,7-8,11H2,3H3/b10-6+. The second kappa shape index (κ2) is 5.93. The predicted molar refractivity (Wildman–Crippen MR) is 51.3 cm³/mol. The van der Waals surface area contributed by atoms with Crippen molar-refractivity contribution in [1.29, 1.82) is 0 Å². The molecule has 0 bridgehead atoms. The molecule has 0 spiro atoms. The molecule has 11 heavy (non-hydrogen) atoms. The van der Waals surface area contributed by atoms with Gasteiger partial charge in [-0.25, -0.2) is 0 Å². The van der Waals surface area contributed by atoms with Crippen LogP contribution in [0.3, 0.4) is 0 Å². The molecule has 0 aliphatic heterocycles. The highest BCUT2D eigenvalue weighted by Gasteiger charge is 2.02.